The molecule has 0 aromatic heterocycles. The van der Waals surface area contributed by atoms with Crippen molar-refractivity contribution in [3.63, 3.8) is 0 Å². The minimum Gasteiger partial charge on any atom is -0.493 e. The van der Waals surface area contributed by atoms with Crippen molar-refractivity contribution >= 4 is 11.7 Å². The number of methoxy groups -OCH3 is 1. The highest BCUT2D eigenvalue weighted by Crippen LogP contribution is 2.38. The number of carboxylic acid groups (broad SMARTS) is 1. The zero-order valence-corrected chi connectivity index (χ0v) is 9.78. The van der Waals surface area contributed by atoms with Crippen LogP contribution >= 0.6 is 0 Å². The van der Waals surface area contributed by atoms with Crippen LogP contribution in [0.25, 0.3) is 0 Å². The number of hydrogen-bond acceptors (Lipinski definition) is 4. The minimum absolute atomic E-state index is 0.0185. The Kier molecular flexibility index (Phi) is 3.77. The monoisotopic (exact) mass is 243 g/mol. The molecule has 17 heavy (non-hydrogen) atoms. The first kappa shape index (κ1) is 13.1. The number of aromatic carboxylic acids is 1. The summed E-state index contributed by atoms with van der Waals surface area (Å²) in [5.74, 6) is -2.32. The van der Waals surface area contributed by atoms with Crippen molar-refractivity contribution in [2.45, 2.75) is 20.0 Å². The molecule has 0 aliphatic heterocycles. The Morgan fingerprint density at radius 1 is 1.53 bits per heavy atom. The molecule has 1 aromatic carbocycles. The number of carbonyl (C=O) groups is 1. The summed E-state index contributed by atoms with van der Waals surface area (Å²) >= 11 is 0. The van der Waals surface area contributed by atoms with Crippen molar-refractivity contribution in [1.82, 2.24) is 0 Å². The summed E-state index contributed by atoms with van der Waals surface area (Å²) < 4.78 is 23.9. The second-order valence-electron chi connectivity index (χ2n) is 3.65. The number of nitrogens with two attached hydrogens (primary N) is 1. The number of rotatable bonds is 4. The van der Waals surface area contributed by atoms with Gasteiger partial charge in [-0.15, -0.1) is 0 Å². The van der Waals surface area contributed by atoms with Crippen LogP contribution in [0.2, 0.25) is 0 Å². The number of nitrogen functional groups attached to an aromatic ring is 1. The molecule has 0 bridgehead atoms. The average Bonchev–Trinajstić information content (AvgIpc) is 2.24. The summed E-state index contributed by atoms with van der Waals surface area (Å²) in [7, 11) is 1.32. The maximum absolute atomic E-state index is 13.6. The van der Waals surface area contributed by atoms with E-state index in [1.165, 1.54) is 7.11 Å². The second kappa shape index (κ2) is 4.90. The van der Waals surface area contributed by atoms with Gasteiger partial charge in [-0.3, -0.25) is 0 Å². The molecule has 0 amide bonds. The van der Waals surface area contributed by atoms with Crippen LogP contribution in [0.3, 0.4) is 0 Å². The van der Waals surface area contributed by atoms with Gasteiger partial charge in [0, 0.05) is 6.07 Å². The molecule has 0 saturated heterocycles. The number of hydrogen-bond donors (Lipinski definition) is 2. The van der Waals surface area contributed by atoms with Crippen molar-refractivity contribution < 1.29 is 23.8 Å². The summed E-state index contributed by atoms with van der Waals surface area (Å²) in [5, 5.41) is 8.79. The van der Waals surface area contributed by atoms with Gasteiger partial charge in [0.15, 0.2) is 17.3 Å². The van der Waals surface area contributed by atoms with Gasteiger partial charge in [-0.1, -0.05) is 0 Å². The van der Waals surface area contributed by atoms with E-state index in [9.17, 15) is 9.18 Å². The normalized spacial score (nSPS) is 10.4. The number of halogens is 1. The van der Waals surface area contributed by atoms with Crippen LogP contribution in [0.1, 0.15) is 24.2 Å². The highest BCUT2D eigenvalue weighted by molar-refractivity contribution is 5.91. The number of carboxylic acids is 1. The van der Waals surface area contributed by atoms with Crippen molar-refractivity contribution in [2.24, 2.45) is 0 Å². The molecule has 0 atom stereocenters. The first-order chi connectivity index (χ1) is 7.88. The standard InChI is InChI=1S/C11H14FNO4/c1-5(2)17-10-7(16-3)4-6(11(14)15)8(12)9(10)13/h4-5H,13H2,1-3H3,(H,14,15). The predicted molar refractivity (Wildman–Crippen MR) is 60.1 cm³/mol. The Bertz CT molecular complexity index is 446. The molecule has 1 rings (SSSR count). The molecule has 0 saturated carbocycles. The molecule has 0 unspecified atom stereocenters. The Balaban J connectivity index is 3.40. The molecule has 0 aliphatic rings. The largest absolute Gasteiger partial charge is 0.493 e. The van der Waals surface area contributed by atoms with Gasteiger partial charge in [0.05, 0.1) is 13.2 Å². The topological polar surface area (TPSA) is 81.8 Å². The van der Waals surface area contributed by atoms with Crippen LogP contribution in [-0.4, -0.2) is 24.3 Å². The molecular formula is C11H14FNO4. The maximum atomic E-state index is 13.6. The van der Waals surface area contributed by atoms with E-state index in [4.69, 9.17) is 20.3 Å². The summed E-state index contributed by atoms with van der Waals surface area (Å²) in [4.78, 5) is 10.8. The highest BCUT2D eigenvalue weighted by atomic mass is 19.1. The van der Waals surface area contributed by atoms with Crippen molar-refractivity contribution in [3.8, 4) is 11.5 Å². The lowest BCUT2D eigenvalue weighted by Gasteiger charge is -2.16. The Hall–Kier alpha value is -1.98. The fraction of sp³-hybridized carbons (Fsp3) is 0.364. The van der Waals surface area contributed by atoms with Gasteiger partial charge in [0.25, 0.3) is 0 Å². The van der Waals surface area contributed by atoms with E-state index in [1.54, 1.807) is 13.8 Å². The summed E-state index contributed by atoms with van der Waals surface area (Å²) in [6.45, 7) is 3.48. The lowest BCUT2D eigenvalue weighted by molar-refractivity contribution is 0.0691. The predicted octanol–water partition coefficient (Wildman–Crippen LogP) is 1.90. The summed E-state index contributed by atoms with van der Waals surface area (Å²) in [6, 6.07) is 1.05. The lowest BCUT2D eigenvalue weighted by Crippen LogP contribution is -2.12. The summed E-state index contributed by atoms with van der Waals surface area (Å²) in [6.07, 6.45) is -0.235. The van der Waals surface area contributed by atoms with E-state index >= 15 is 0 Å². The van der Waals surface area contributed by atoms with Gasteiger partial charge in [0.1, 0.15) is 11.3 Å². The lowest BCUT2D eigenvalue weighted by atomic mass is 10.1. The van der Waals surface area contributed by atoms with Gasteiger partial charge >= 0.3 is 5.97 Å². The van der Waals surface area contributed by atoms with E-state index in [1.807, 2.05) is 0 Å². The zero-order valence-electron chi connectivity index (χ0n) is 9.78. The second-order valence-corrected chi connectivity index (χ2v) is 3.65. The first-order valence-corrected chi connectivity index (χ1v) is 4.94. The van der Waals surface area contributed by atoms with E-state index < -0.39 is 17.3 Å². The van der Waals surface area contributed by atoms with E-state index in [0.29, 0.717) is 0 Å². The number of benzene rings is 1. The van der Waals surface area contributed by atoms with Crippen molar-refractivity contribution in [2.75, 3.05) is 12.8 Å². The van der Waals surface area contributed by atoms with Crippen LogP contribution < -0.4 is 15.2 Å². The first-order valence-electron chi connectivity index (χ1n) is 4.94. The van der Waals surface area contributed by atoms with E-state index in [0.717, 1.165) is 6.07 Å². The molecular weight excluding hydrogens is 229 g/mol. The Morgan fingerprint density at radius 3 is 2.53 bits per heavy atom. The van der Waals surface area contributed by atoms with Gasteiger partial charge in [-0.05, 0) is 13.8 Å². The van der Waals surface area contributed by atoms with Gasteiger partial charge in [-0.2, -0.15) is 0 Å². The average molecular weight is 243 g/mol. The molecule has 0 heterocycles. The van der Waals surface area contributed by atoms with Gasteiger partial charge < -0.3 is 20.3 Å². The molecule has 0 aliphatic carbocycles. The number of ether oxygens (including phenoxy) is 2. The smallest absolute Gasteiger partial charge is 0.338 e. The van der Waals surface area contributed by atoms with Crippen molar-refractivity contribution in [1.29, 1.82) is 0 Å². The Morgan fingerprint density at radius 2 is 2.12 bits per heavy atom. The maximum Gasteiger partial charge on any atom is 0.338 e. The molecule has 0 radical (unpaired) electrons. The van der Waals surface area contributed by atoms with Crippen molar-refractivity contribution in [3.05, 3.63) is 17.4 Å². The molecule has 1 aromatic rings. The Labute approximate surface area is 97.9 Å². The minimum atomic E-state index is -1.41. The fourth-order valence-corrected chi connectivity index (χ4v) is 1.30. The fourth-order valence-electron chi connectivity index (χ4n) is 1.30. The molecule has 0 fully saturated rings. The van der Waals surface area contributed by atoms with Crippen LogP contribution in [-0.2, 0) is 0 Å². The van der Waals surface area contributed by atoms with Gasteiger partial charge in [-0.25, -0.2) is 9.18 Å². The molecule has 3 N–H and O–H groups in total. The van der Waals surface area contributed by atoms with E-state index in [-0.39, 0.29) is 23.3 Å². The van der Waals surface area contributed by atoms with Crippen LogP contribution in [0.4, 0.5) is 10.1 Å². The molecule has 6 heteroatoms. The highest BCUT2D eigenvalue weighted by Gasteiger charge is 2.22. The number of anilines is 1. The molecule has 94 valence electrons. The molecule has 5 nitrogen and oxygen atoms in total. The van der Waals surface area contributed by atoms with Crippen LogP contribution in [0.15, 0.2) is 6.07 Å². The van der Waals surface area contributed by atoms with E-state index in [2.05, 4.69) is 0 Å². The zero-order chi connectivity index (χ0) is 13.2. The quantitative estimate of drug-likeness (QED) is 0.789. The SMILES string of the molecule is COc1cc(C(=O)O)c(F)c(N)c1OC(C)C. The molecule has 0 spiro atoms. The third kappa shape index (κ3) is 2.58. The van der Waals surface area contributed by atoms with Crippen LogP contribution in [0, 0.1) is 5.82 Å². The third-order valence-corrected chi connectivity index (χ3v) is 2.02. The third-order valence-electron chi connectivity index (χ3n) is 2.02. The van der Waals surface area contributed by atoms with Crippen LogP contribution in [0.5, 0.6) is 11.5 Å². The summed E-state index contributed by atoms with van der Waals surface area (Å²) in [5.41, 5.74) is 4.59. The van der Waals surface area contributed by atoms with Gasteiger partial charge in [0.2, 0.25) is 0 Å².